The summed E-state index contributed by atoms with van der Waals surface area (Å²) in [5, 5.41) is 8.67. The third-order valence-corrected chi connectivity index (χ3v) is 3.52. The molecule has 0 fully saturated rings. The molecular formula is C16H16N2O4S. The molecule has 2 N–H and O–H groups in total. The molecule has 0 saturated carbocycles. The number of benzene rings is 1. The second-order valence-corrected chi connectivity index (χ2v) is 5.36. The number of ether oxygens (including phenoxy) is 1. The number of nitrogens with one attached hydrogen (secondary N) is 2. The molecule has 0 aliphatic rings. The predicted molar refractivity (Wildman–Crippen MR) is 87.7 cm³/mol. The highest BCUT2D eigenvalue weighted by atomic mass is 32.1. The molecule has 7 heteroatoms. The van der Waals surface area contributed by atoms with Gasteiger partial charge in [0.2, 0.25) is 0 Å². The Balaban J connectivity index is 1.89. The average molecular weight is 332 g/mol. The van der Waals surface area contributed by atoms with Crippen LogP contribution in [0.5, 0.6) is 0 Å². The number of rotatable bonds is 6. The zero-order chi connectivity index (χ0) is 16.7. The molecule has 1 heterocycles. The quantitative estimate of drug-likeness (QED) is 0.795. The second kappa shape index (κ2) is 8.09. The van der Waals surface area contributed by atoms with Gasteiger partial charge >= 0.3 is 5.97 Å². The van der Waals surface area contributed by atoms with Crippen molar-refractivity contribution in [3.05, 3.63) is 52.2 Å². The van der Waals surface area contributed by atoms with Crippen LogP contribution in [0.1, 0.15) is 27.6 Å². The SMILES string of the molecule is CCNC(=O)c1cccc(NC(=O)COC(=O)c2ccsc2)c1. The van der Waals surface area contributed by atoms with Crippen LogP contribution in [0.25, 0.3) is 0 Å². The summed E-state index contributed by atoms with van der Waals surface area (Å²) in [6.07, 6.45) is 0. The van der Waals surface area contributed by atoms with Gasteiger partial charge in [-0.1, -0.05) is 6.07 Å². The number of anilines is 1. The lowest BCUT2D eigenvalue weighted by Gasteiger charge is -2.08. The topological polar surface area (TPSA) is 84.5 Å². The monoisotopic (exact) mass is 332 g/mol. The van der Waals surface area contributed by atoms with Crippen LogP contribution in [0.4, 0.5) is 5.69 Å². The number of amides is 2. The van der Waals surface area contributed by atoms with E-state index < -0.39 is 11.9 Å². The summed E-state index contributed by atoms with van der Waals surface area (Å²) in [5.74, 6) is -1.23. The standard InChI is InChI=1S/C16H16N2O4S/c1-2-17-15(20)11-4-3-5-13(8-11)18-14(19)9-22-16(21)12-6-7-23-10-12/h3-8,10H,2,9H2,1H3,(H,17,20)(H,18,19). The molecule has 0 spiro atoms. The minimum Gasteiger partial charge on any atom is -0.452 e. The fraction of sp³-hybridized carbons (Fsp3) is 0.188. The Morgan fingerprint density at radius 1 is 1.17 bits per heavy atom. The Labute approximate surface area is 137 Å². The van der Waals surface area contributed by atoms with Gasteiger partial charge in [0, 0.05) is 23.2 Å². The number of hydrogen-bond donors (Lipinski definition) is 2. The van der Waals surface area contributed by atoms with Gasteiger partial charge in [0.05, 0.1) is 5.56 Å². The van der Waals surface area contributed by atoms with E-state index in [9.17, 15) is 14.4 Å². The Morgan fingerprint density at radius 3 is 2.70 bits per heavy atom. The van der Waals surface area contributed by atoms with Gasteiger partial charge in [0.25, 0.3) is 11.8 Å². The van der Waals surface area contributed by atoms with Crippen LogP contribution in [0.15, 0.2) is 41.1 Å². The molecule has 23 heavy (non-hydrogen) atoms. The van der Waals surface area contributed by atoms with E-state index in [0.717, 1.165) is 0 Å². The molecule has 0 unspecified atom stereocenters. The molecule has 0 aliphatic carbocycles. The van der Waals surface area contributed by atoms with E-state index >= 15 is 0 Å². The number of carbonyl (C=O) groups excluding carboxylic acids is 3. The first-order chi connectivity index (χ1) is 11.1. The molecule has 0 radical (unpaired) electrons. The van der Waals surface area contributed by atoms with Crippen molar-refractivity contribution in [2.24, 2.45) is 0 Å². The van der Waals surface area contributed by atoms with Crippen LogP contribution in [-0.2, 0) is 9.53 Å². The van der Waals surface area contributed by atoms with Gasteiger partial charge in [-0.2, -0.15) is 11.3 Å². The van der Waals surface area contributed by atoms with E-state index in [1.807, 2.05) is 6.92 Å². The summed E-state index contributed by atoms with van der Waals surface area (Å²) < 4.78 is 4.91. The average Bonchev–Trinajstić information content (AvgIpc) is 3.07. The van der Waals surface area contributed by atoms with Gasteiger partial charge in [0.15, 0.2) is 6.61 Å². The molecule has 0 aliphatic heterocycles. The molecular weight excluding hydrogens is 316 g/mol. The van der Waals surface area contributed by atoms with Crippen molar-refractivity contribution >= 4 is 34.8 Å². The first kappa shape index (κ1) is 16.7. The lowest BCUT2D eigenvalue weighted by Crippen LogP contribution is -2.23. The van der Waals surface area contributed by atoms with Crippen molar-refractivity contribution in [2.75, 3.05) is 18.5 Å². The molecule has 2 amide bonds. The first-order valence-corrected chi connectivity index (χ1v) is 7.92. The Bertz CT molecular complexity index is 698. The summed E-state index contributed by atoms with van der Waals surface area (Å²) in [6.45, 7) is 1.96. The zero-order valence-corrected chi connectivity index (χ0v) is 13.3. The molecule has 0 saturated heterocycles. The molecule has 0 atom stereocenters. The van der Waals surface area contributed by atoms with Crippen molar-refractivity contribution in [1.82, 2.24) is 5.32 Å². The lowest BCUT2D eigenvalue weighted by molar-refractivity contribution is -0.119. The molecule has 0 bridgehead atoms. The van der Waals surface area contributed by atoms with Gasteiger partial charge in [0.1, 0.15) is 0 Å². The Morgan fingerprint density at radius 2 is 2.00 bits per heavy atom. The fourth-order valence-corrected chi connectivity index (χ4v) is 2.42. The van der Waals surface area contributed by atoms with E-state index in [4.69, 9.17) is 4.74 Å². The largest absolute Gasteiger partial charge is 0.452 e. The van der Waals surface area contributed by atoms with E-state index in [0.29, 0.717) is 23.4 Å². The van der Waals surface area contributed by atoms with Crippen molar-refractivity contribution < 1.29 is 19.1 Å². The van der Waals surface area contributed by atoms with E-state index in [1.54, 1.807) is 41.1 Å². The van der Waals surface area contributed by atoms with Gasteiger partial charge in [-0.15, -0.1) is 0 Å². The molecule has 6 nitrogen and oxygen atoms in total. The smallest absolute Gasteiger partial charge is 0.339 e. The normalized spacial score (nSPS) is 9.96. The minimum atomic E-state index is -0.544. The maximum Gasteiger partial charge on any atom is 0.339 e. The minimum absolute atomic E-state index is 0.215. The highest BCUT2D eigenvalue weighted by Crippen LogP contribution is 2.11. The maximum absolute atomic E-state index is 11.8. The van der Waals surface area contributed by atoms with Crippen LogP contribution in [-0.4, -0.2) is 30.9 Å². The molecule has 1 aromatic heterocycles. The third kappa shape index (κ3) is 4.93. The third-order valence-electron chi connectivity index (χ3n) is 2.84. The van der Waals surface area contributed by atoms with Crippen molar-refractivity contribution in [1.29, 1.82) is 0 Å². The maximum atomic E-state index is 11.8. The Hall–Kier alpha value is -2.67. The fourth-order valence-electron chi connectivity index (χ4n) is 1.79. The van der Waals surface area contributed by atoms with Crippen LogP contribution in [0, 0.1) is 0 Å². The molecule has 2 rings (SSSR count). The summed E-state index contributed by atoms with van der Waals surface area (Å²) >= 11 is 1.37. The molecule has 1 aromatic carbocycles. The summed E-state index contributed by atoms with van der Waals surface area (Å²) in [5.41, 5.74) is 1.33. The number of hydrogen-bond acceptors (Lipinski definition) is 5. The van der Waals surface area contributed by atoms with Crippen LogP contribution in [0.2, 0.25) is 0 Å². The van der Waals surface area contributed by atoms with Crippen LogP contribution < -0.4 is 10.6 Å². The van der Waals surface area contributed by atoms with Crippen LogP contribution in [0.3, 0.4) is 0 Å². The molecule has 2 aromatic rings. The zero-order valence-electron chi connectivity index (χ0n) is 12.5. The van der Waals surface area contributed by atoms with Crippen molar-refractivity contribution in [3.63, 3.8) is 0 Å². The second-order valence-electron chi connectivity index (χ2n) is 4.58. The highest BCUT2D eigenvalue weighted by Gasteiger charge is 2.11. The predicted octanol–water partition coefficient (Wildman–Crippen LogP) is 2.29. The lowest BCUT2D eigenvalue weighted by atomic mass is 10.2. The number of thiophene rings is 1. The summed E-state index contributed by atoms with van der Waals surface area (Å²) in [7, 11) is 0. The number of carbonyl (C=O) groups is 3. The number of esters is 1. The van der Waals surface area contributed by atoms with E-state index in [1.165, 1.54) is 11.3 Å². The van der Waals surface area contributed by atoms with Gasteiger partial charge < -0.3 is 15.4 Å². The van der Waals surface area contributed by atoms with Crippen LogP contribution >= 0.6 is 11.3 Å². The summed E-state index contributed by atoms with van der Waals surface area (Å²) in [4.78, 5) is 35.2. The van der Waals surface area contributed by atoms with E-state index in [2.05, 4.69) is 10.6 Å². The van der Waals surface area contributed by atoms with Gasteiger partial charge in [-0.3, -0.25) is 9.59 Å². The van der Waals surface area contributed by atoms with Gasteiger partial charge in [-0.05, 0) is 36.6 Å². The van der Waals surface area contributed by atoms with Crippen molar-refractivity contribution in [2.45, 2.75) is 6.92 Å². The van der Waals surface area contributed by atoms with Crippen molar-refractivity contribution in [3.8, 4) is 0 Å². The first-order valence-electron chi connectivity index (χ1n) is 6.97. The highest BCUT2D eigenvalue weighted by molar-refractivity contribution is 7.08. The van der Waals surface area contributed by atoms with Gasteiger partial charge in [-0.25, -0.2) is 4.79 Å². The molecule has 120 valence electrons. The Kier molecular flexibility index (Phi) is 5.87. The van der Waals surface area contributed by atoms with E-state index in [-0.39, 0.29) is 12.5 Å². The summed E-state index contributed by atoms with van der Waals surface area (Å²) in [6, 6.07) is 8.15.